The Morgan fingerprint density at radius 2 is 1.83 bits per heavy atom. The Bertz CT molecular complexity index is 675. The van der Waals surface area contributed by atoms with Crippen molar-refractivity contribution in [3.63, 3.8) is 0 Å². The van der Waals surface area contributed by atoms with Crippen LogP contribution in [0.5, 0.6) is 0 Å². The number of rotatable bonds is 6. The van der Waals surface area contributed by atoms with Crippen LogP contribution in [0.2, 0.25) is 0 Å². The van der Waals surface area contributed by atoms with E-state index in [-0.39, 0.29) is 11.3 Å². The van der Waals surface area contributed by atoms with Crippen molar-refractivity contribution in [1.82, 2.24) is 9.97 Å². The highest BCUT2D eigenvalue weighted by Gasteiger charge is 2.14. The molecule has 0 saturated carbocycles. The zero-order chi connectivity index (χ0) is 17.6. The minimum Gasteiger partial charge on any atom is -0.354 e. The Balaban J connectivity index is 2.03. The van der Waals surface area contributed by atoms with Gasteiger partial charge in [-0.3, -0.25) is 4.79 Å². The van der Waals surface area contributed by atoms with Gasteiger partial charge in [0.1, 0.15) is 5.69 Å². The molecule has 0 radical (unpaired) electrons. The number of hydrogen-bond donors (Lipinski definition) is 2. The summed E-state index contributed by atoms with van der Waals surface area (Å²) in [5.74, 6) is 0.249. The summed E-state index contributed by atoms with van der Waals surface area (Å²) in [5.41, 5.74) is 2.43. The first kappa shape index (κ1) is 17.9. The van der Waals surface area contributed by atoms with Crippen LogP contribution in [-0.4, -0.2) is 22.4 Å². The van der Waals surface area contributed by atoms with Crippen LogP contribution in [-0.2, 0) is 5.41 Å². The van der Waals surface area contributed by atoms with Crippen molar-refractivity contribution in [2.45, 2.75) is 46.0 Å². The molecule has 0 bridgehead atoms. The molecule has 24 heavy (non-hydrogen) atoms. The molecule has 128 valence electrons. The van der Waals surface area contributed by atoms with Crippen molar-refractivity contribution in [2.24, 2.45) is 0 Å². The number of unbranched alkanes of at least 4 members (excludes halogenated alkanes) is 1. The Hall–Kier alpha value is -2.43. The van der Waals surface area contributed by atoms with E-state index < -0.39 is 0 Å². The van der Waals surface area contributed by atoms with E-state index in [0.29, 0.717) is 11.6 Å². The van der Waals surface area contributed by atoms with Crippen LogP contribution in [0.25, 0.3) is 0 Å². The number of carbonyl (C=O) groups is 1. The van der Waals surface area contributed by atoms with E-state index in [2.05, 4.69) is 48.3 Å². The van der Waals surface area contributed by atoms with Crippen molar-refractivity contribution in [1.29, 1.82) is 0 Å². The number of carbonyl (C=O) groups excluding carboxylic acids is 1. The van der Waals surface area contributed by atoms with Crippen molar-refractivity contribution in [3.05, 3.63) is 47.8 Å². The number of hydrogen-bond acceptors (Lipinski definition) is 4. The molecule has 5 nitrogen and oxygen atoms in total. The molecule has 1 heterocycles. The van der Waals surface area contributed by atoms with Gasteiger partial charge in [0.15, 0.2) is 0 Å². The molecule has 0 aliphatic heterocycles. The zero-order valence-electron chi connectivity index (χ0n) is 14.9. The van der Waals surface area contributed by atoms with Crippen molar-refractivity contribution >= 4 is 17.5 Å². The predicted molar refractivity (Wildman–Crippen MR) is 98.5 cm³/mol. The molecule has 0 spiro atoms. The summed E-state index contributed by atoms with van der Waals surface area (Å²) in [4.78, 5) is 20.7. The third kappa shape index (κ3) is 5.05. The molecule has 0 aliphatic rings. The van der Waals surface area contributed by atoms with Crippen LogP contribution >= 0.6 is 0 Å². The molecule has 0 atom stereocenters. The number of nitrogens with zero attached hydrogens (tertiary/aromatic N) is 2. The smallest absolute Gasteiger partial charge is 0.274 e. The second kappa shape index (κ2) is 7.90. The molecular weight excluding hydrogens is 300 g/mol. The molecule has 0 fully saturated rings. The van der Waals surface area contributed by atoms with Gasteiger partial charge in [0.2, 0.25) is 5.95 Å². The van der Waals surface area contributed by atoms with Gasteiger partial charge in [0, 0.05) is 18.4 Å². The number of aromatic nitrogens is 2. The number of anilines is 2. The fraction of sp³-hybridized carbons (Fsp3) is 0.421. The quantitative estimate of drug-likeness (QED) is 0.779. The van der Waals surface area contributed by atoms with E-state index in [1.807, 2.05) is 24.3 Å². The monoisotopic (exact) mass is 326 g/mol. The Morgan fingerprint density at radius 1 is 1.12 bits per heavy atom. The first-order valence-electron chi connectivity index (χ1n) is 8.39. The minimum absolute atomic E-state index is 0.0915. The molecular formula is C19H26N4O. The van der Waals surface area contributed by atoms with E-state index in [1.54, 1.807) is 12.3 Å². The molecule has 0 saturated heterocycles. The lowest BCUT2D eigenvalue weighted by atomic mass is 9.87. The van der Waals surface area contributed by atoms with Gasteiger partial charge < -0.3 is 10.6 Å². The highest BCUT2D eigenvalue weighted by molar-refractivity contribution is 6.02. The summed E-state index contributed by atoms with van der Waals surface area (Å²) in [5, 5.41) is 6.00. The number of benzene rings is 1. The molecule has 1 aromatic heterocycles. The van der Waals surface area contributed by atoms with E-state index in [1.165, 1.54) is 5.56 Å². The third-order valence-electron chi connectivity index (χ3n) is 3.71. The molecule has 2 aromatic rings. The van der Waals surface area contributed by atoms with Gasteiger partial charge in [-0.2, -0.15) is 0 Å². The molecule has 5 heteroatoms. The van der Waals surface area contributed by atoms with Crippen LogP contribution in [0.4, 0.5) is 11.6 Å². The Morgan fingerprint density at radius 3 is 2.46 bits per heavy atom. The van der Waals surface area contributed by atoms with Crippen molar-refractivity contribution in [2.75, 3.05) is 17.2 Å². The standard InChI is InChI=1S/C19H26N4O/c1-5-6-12-20-18-21-13-11-16(23-18)17(24)22-15-9-7-14(8-10-15)19(2,3)4/h7-11,13H,5-6,12H2,1-4H3,(H,22,24)(H,20,21,23). The van der Waals surface area contributed by atoms with Gasteiger partial charge in [0.05, 0.1) is 0 Å². The first-order valence-corrected chi connectivity index (χ1v) is 8.39. The predicted octanol–water partition coefficient (Wildman–Crippen LogP) is 4.24. The Labute approximate surface area is 143 Å². The maximum absolute atomic E-state index is 12.3. The molecule has 2 N–H and O–H groups in total. The highest BCUT2D eigenvalue weighted by Crippen LogP contribution is 2.23. The summed E-state index contributed by atoms with van der Waals surface area (Å²) in [6.45, 7) is 9.41. The van der Waals surface area contributed by atoms with E-state index in [0.717, 1.165) is 25.1 Å². The average molecular weight is 326 g/mol. The van der Waals surface area contributed by atoms with Gasteiger partial charge in [-0.05, 0) is 35.6 Å². The molecule has 1 aromatic carbocycles. The second-order valence-electron chi connectivity index (χ2n) is 6.83. The SMILES string of the molecule is CCCCNc1nccc(C(=O)Nc2ccc(C(C)(C)C)cc2)n1. The van der Waals surface area contributed by atoms with Gasteiger partial charge in [-0.1, -0.05) is 46.2 Å². The van der Waals surface area contributed by atoms with Crippen LogP contribution < -0.4 is 10.6 Å². The Kier molecular flexibility index (Phi) is 5.90. The summed E-state index contributed by atoms with van der Waals surface area (Å²) < 4.78 is 0. The lowest BCUT2D eigenvalue weighted by molar-refractivity contribution is 0.102. The fourth-order valence-electron chi connectivity index (χ4n) is 2.20. The number of amides is 1. The molecule has 0 aliphatic carbocycles. The summed E-state index contributed by atoms with van der Waals surface area (Å²) in [6, 6.07) is 9.52. The van der Waals surface area contributed by atoms with E-state index >= 15 is 0 Å². The highest BCUT2D eigenvalue weighted by atomic mass is 16.1. The maximum atomic E-state index is 12.3. The van der Waals surface area contributed by atoms with Gasteiger partial charge in [-0.15, -0.1) is 0 Å². The van der Waals surface area contributed by atoms with Crippen molar-refractivity contribution in [3.8, 4) is 0 Å². The van der Waals surface area contributed by atoms with Crippen LogP contribution in [0.15, 0.2) is 36.5 Å². The lowest BCUT2D eigenvalue weighted by Gasteiger charge is -2.19. The summed E-state index contributed by atoms with van der Waals surface area (Å²) in [6.07, 6.45) is 3.73. The normalized spacial score (nSPS) is 11.2. The summed E-state index contributed by atoms with van der Waals surface area (Å²) in [7, 11) is 0. The summed E-state index contributed by atoms with van der Waals surface area (Å²) >= 11 is 0. The van der Waals surface area contributed by atoms with Crippen LogP contribution in [0.3, 0.4) is 0 Å². The fourth-order valence-corrected chi connectivity index (χ4v) is 2.20. The third-order valence-corrected chi connectivity index (χ3v) is 3.71. The van der Waals surface area contributed by atoms with E-state index in [4.69, 9.17) is 0 Å². The second-order valence-corrected chi connectivity index (χ2v) is 6.83. The molecule has 2 rings (SSSR count). The minimum atomic E-state index is -0.237. The zero-order valence-corrected chi connectivity index (χ0v) is 14.9. The van der Waals surface area contributed by atoms with Crippen molar-refractivity contribution < 1.29 is 4.79 Å². The topological polar surface area (TPSA) is 66.9 Å². The molecule has 1 amide bonds. The average Bonchev–Trinajstić information content (AvgIpc) is 2.55. The van der Waals surface area contributed by atoms with Gasteiger partial charge in [0.25, 0.3) is 5.91 Å². The van der Waals surface area contributed by atoms with E-state index in [9.17, 15) is 4.79 Å². The lowest BCUT2D eigenvalue weighted by Crippen LogP contribution is -2.16. The number of nitrogens with one attached hydrogen (secondary N) is 2. The van der Waals surface area contributed by atoms with Crippen LogP contribution in [0.1, 0.15) is 56.6 Å². The maximum Gasteiger partial charge on any atom is 0.274 e. The van der Waals surface area contributed by atoms with Crippen LogP contribution in [0, 0.1) is 0 Å². The van der Waals surface area contributed by atoms with Gasteiger partial charge in [-0.25, -0.2) is 9.97 Å². The largest absolute Gasteiger partial charge is 0.354 e. The van der Waals surface area contributed by atoms with Gasteiger partial charge >= 0.3 is 0 Å². The molecule has 0 unspecified atom stereocenters. The first-order chi connectivity index (χ1) is 11.4.